The molecule has 100 valence electrons. The van der Waals surface area contributed by atoms with Gasteiger partial charge in [-0.1, -0.05) is 6.92 Å². The van der Waals surface area contributed by atoms with Crippen molar-refractivity contribution < 1.29 is 9.90 Å². The summed E-state index contributed by atoms with van der Waals surface area (Å²) in [5.41, 5.74) is 2.62. The molecule has 1 aromatic rings. The lowest BCUT2D eigenvalue weighted by Gasteiger charge is -2.27. The smallest absolute Gasteiger partial charge is 0.263 e. The van der Waals surface area contributed by atoms with Crippen molar-refractivity contribution in [1.82, 2.24) is 10.3 Å². The molecule has 18 heavy (non-hydrogen) atoms. The first-order valence-corrected chi connectivity index (χ1v) is 7.46. The average molecular weight is 268 g/mol. The Hall–Kier alpha value is -0.940. The van der Waals surface area contributed by atoms with Crippen molar-refractivity contribution in [3.63, 3.8) is 0 Å². The molecule has 1 aromatic heterocycles. The maximum Gasteiger partial charge on any atom is 0.263 e. The number of amides is 1. The third kappa shape index (κ3) is 3.09. The lowest BCUT2D eigenvalue weighted by molar-refractivity contribution is 0.0917. The summed E-state index contributed by atoms with van der Waals surface area (Å²) in [6.07, 6.45) is 4.74. The van der Waals surface area contributed by atoms with Crippen LogP contribution in [0.5, 0.6) is 0 Å². The van der Waals surface area contributed by atoms with Crippen molar-refractivity contribution >= 4 is 17.2 Å². The number of nitrogens with one attached hydrogen (secondary N) is 1. The maximum absolute atomic E-state index is 12.1. The summed E-state index contributed by atoms with van der Waals surface area (Å²) in [6, 6.07) is 0.257. The summed E-state index contributed by atoms with van der Waals surface area (Å²) >= 11 is 1.41. The van der Waals surface area contributed by atoms with Gasteiger partial charge in [-0.2, -0.15) is 0 Å². The van der Waals surface area contributed by atoms with Crippen molar-refractivity contribution in [2.24, 2.45) is 5.92 Å². The van der Waals surface area contributed by atoms with Crippen molar-refractivity contribution in [3.05, 3.63) is 16.1 Å². The van der Waals surface area contributed by atoms with Gasteiger partial charge in [0.15, 0.2) is 0 Å². The van der Waals surface area contributed by atoms with Crippen molar-refractivity contribution in [2.75, 3.05) is 6.61 Å². The van der Waals surface area contributed by atoms with Gasteiger partial charge in [-0.05, 0) is 38.0 Å². The van der Waals surface area contributed by atoms with Crippen molar-refractivity contribution in [1.29, 1.82) is 0 Å². The summed E-state index contributed by atoms with van der Waals surface area (Å²) in [7, 11) is 0. The highest BCUT2D eigenvalue weighted by Crippen LogP contribution is 2.24. The molecule has 5 heteroatoms. The molecule has 0 aliphatic heterocycles. The Morgan fingerprint density at radius 2 is 2.22 bits per heavy atom. The number of aryl methyl sites for hydroxylation is 1. The van der Waals surface area contributed by atoms with Gasteiger partial charge >= 0.3 is 0 Å². The van der Waals surface area contributed by atoms with Gasteiger partial charge in [-0.25, -0.2) is 4.98 Å². The fourth-order valence-electron chi connectivity index (χ4n) is 2.45. The second kappa shape index (κ2) is 6.29. The topological polar surface area (TPSA) is 62.2 Å². The molecular formula is C13H20N2O2S. The highest BCUT2D eigenvalue weighted by molar-refractivity contribution is 7.11. The molecule has 1 fully saturated rings. The monoisotopic (exact) mass is 268 g/mol. The zero-order valence-electron chi connectivity index (χ0n) is 10.7. The van der Waals surface area contributed by atoms with Crippen LogP contribution in [0.4, 0.5) is 0 Å². The van der Waals surface area contributed by atoms with E-state index in [2.05, 4.69) is 10.3 Å². The molecule has 1 saturated carbocycles. The van der Waals surface area contributed by atoms with Gasteiger partial charge in [0.2, 0.25) is 0 Å². The van der Waals surface area contributed by atoms with E-state index in [-0.39, 0.29) is 18.6 Å². The van der Waals surface area contributed by atoms with Crippen LogP contribution in [-0.4, -0.2) is 28.6 Å². The normalized spacial score (nSPS) is 23.9. The number of hydrogen-bond acceptors (Lipinski definition) is 4. The van der Waals surface area contributed by atoms with E-state index in [0.29, 0.717) is 5.92 Å². The summed E-state index contributed by atoms with van der Waals surface area (Å²) in [5.74, 6) is 0.439. The quantitative estimate of drug-likeness (QED) is 0.878. The Bertz CT molecular complexity index is 397. The number of carbonyl (C=O) groups excluding carboxylic acids is 1. The van der Waals surface area contributed by atoms with Crippen LogP contribution in [0.25, 0.3) is 0 Å². The van der Waals surface area contributed by atoms with Crippen molar-refractivity contribution in [3.8, 4) is 0 Å². The third-order valence-corrected chi connectivity index (χ3v) is 4.49. The highest BCUT2D eigenvalue weighted by atomic mass is 32.1. The third-order valence-electron chi connectivity index (χ3n) is 3.62. The predicted molar refractivity (Wildman–Crippen MR) is 71.8 cm³/mol. The zero-order valence-corrected chi connectivity index (χ0v) is 11.5. The van der Waals surface area contributed by atoms with E-state index >= 15 is 0 Å². The van der Waals surface area contributed by atoms with Gasteiger partial charge in [0.25, 0.3) is 5.91 Å². The first kappa shape index (κ1) is 13.5. The Labute approximate surface area is 111 Å². The van der Waals surface area contributed by atoms with Crippen LogP contribution in [0.2, 0.25) is 0 Å². The Morgan fingerprint density at radius 1 is 1.50 bits per heavy atom. The molecule has 2 rings (SSSR count). The Kier molecular flexibility index (Phi) is 4.72. The summed E-state index contributed by atoms with van der Waals surface area (Å²) < 4.78 is 0. The van der Waals surface area contributed by atoms with Crippen LogP contribution >= 0.6 is 11.3 Å². The number of aliphatic hydroxyl groups is 1. The van der Waals surface area contributed by atoms with E-state index in [1.54, 1.807) is 5.51 Å². The van der Waals surface area contributed by atoms with Crippen LogP contribution in [0.15, 0.2) is 5.51 Å². The Balaban J connectivity index is 1.89. The van der Waals surface area contributed by atoms with Gasteiger partial charge in [0.05, 0.1) is 11.2 Å². The lowest BCUT2D eigenvalue weighted by Crippen LogP contribution is -2.38. The van der Waals surface area contributed by atoms with Crippen LogP contribution < -0.4 is 5.32 Å². The SMILES string of the molecule is CCc1ncsc1C(=O)NC1CCC(CO)CC1. The van der Waals surface area contributed by atoms with Crippen molar-refractivity contribution in [2.45, 2.75) is 45.1 Å². The summed E-state index contributed by atoms with van der Waals surface area (Å²) in [6.45, 7) is 2.29. The summed E-state index contributed by atoms with van der Waals surface area (Å²) in [4.78, 5) is 17.1. The molecule has 0 atom stereocenters. The second-order valence-corrected chi connectivity index (χ2v) is 5.71. The first-order chi connectivity index (χ1) is 8.74. The number of aliphatic hydroxyl groups excluding tert-OH is 1. The van der Waals surface area contributed by atoms with E-state index in [4.69, 9.17) is 5.11 Å². The molecule has 1 aliphatic rings. The largest absolute Gasteiger partial charge is 0.396 e. The number of aromatic nitrogens is 1. The fraction of sp³-hybridized carbons (Fsp3) is 0.692. The number of carbonyl (C=O) groups is 1. The summed E-state index contributed by atoms with van der Waals surface area (Å²) in [5, 5.41) is 12.2. The van der Waals surface area contributed by atoms with E-state index < -0.39 is 0 Å². The zero-order chi connectivity index (χ0) is 13.0. The van der Waals surface area contributed by atoms with E-state index in [1.807, 2.05) is 6.92 Å². The molecule has 1 aliphatic carbocycles. The van der Waals surface area contributed by atoms with Crippen LogP contribution in [0, 0.1) is 5.92 Å². The molecule has 0 unspecified atom stereocenters. The van der Waals surface area contributed by atoms with E-state index in [0.717, 1.165) is 42.7 Å². The minimum atomic E-state index is 0.0156. The van der Waals surface area contributed by atoms with Gasteiger partial charge in [-0.3, -0.25) is 4.79 Å². The highest BCUT2D eigenvalue weighted by Gasteiger charge is 2.23. The fourth-order valence-corrected chi connectivity index (χ4v) is 3.23. The lowest BCUT2D eigenvalue weighted by atomic mass is 9.86. The van der Waals surface area contributed by atoms with E-state index in [1.165, 1.54) is 11.3 Å². The standard InChI is InChI=1S/C13H20N2O2S/c1-2-11-12(18-8-14-11)13(17)15-10-5-3-9(7-16)4-6-10/h8-10,16H,2-7H2,1H3,(H,15,17). The maximum atomic E-state index is 12.1. The average Bonchev–Trinajstić information content (AvgIpc) is 2.88. The molecule has 4 nitrogen and oxygen atoms in total. The number of hydrogen-bond donors (Lipinski definition) is 2. The molecule has 0 spiro atoms. The number of nitrogens with zero attached hydrogens (tertiary/aromatic N) is 1. The second-order valence-electron chi connectivity index (χ2n) is 4.86. The molecule has 0 bridgehead atoms. The number of thiazole rings is 1. The van der Waals surface area contributed by atoms with Crippen LogP contribution in [-0.2, 0) is 6.42 Å². The molecule has 2 N–H and O–H groups in total. The molecule has 0 radical (unpaired) electrons. The predicted octanol–water partition coefficient (Wildman–Crippen LogP) is 1.99. The molecule has 0 aromatic carbocycles. The van der Waals surface area contributed by atoms with Crippen LogP contribution in [0.3, 0.4) is 0 Å². The van der Waals surface area contributed by atoms with E-state index in [9.17, 15) is 4.79 Å². The minimum Gasteiger partial charge on any atom is -0.396 e. The first-order valence-electron chi connectivity index (χ1n) is 6.58. The molecule has 0 saturated heterocycles. The van der Waals surface area contributed by atoms with Gasteiger partial charge in [0, 0.05) is 12.6 Å². The molecular weight excluding hydrogens is 248 g/mol. The minimum absolute atomic E-state index is 0.0156. The van der Waals surface area contributed by atoms with Crippen LogP contribution in [0.1, 0.15) is 48.0 Å². The number of rotatable bonds is 4. The van der Waals surface area contributed by atoms with Gasteiger partial charge < -0.3 is 10.4 Å². The molecule has 1 amide bonds. The van der Waals surface area contributed by atoms with Gasteiger partial charge in [0.1, 0.15) is 4.88 Å². The Morgan fingerprint density at radius 3 is 2.83 bits per heavy atom. The molecule has 1 heterocycles. The van der Waals surface area contributed by atoms with Gasteiger partial charge in [-0.15, -0.1) is 11.3 Å².